The predicted molar refractivity (Wildman–Crippen MR) is 91.5 cm³/mol. The molecule has 1 aromatic rings. The van der Waals surface area contributed by atoms with Crippen molar-refractivity contribution < 1.29 is 14.3 Å². The normalized spacial score (nSPS) is 17.0. The molecule has 1 fully saturated rings. The van der Waals surface area contributed by atoms with Gasteiger partial charge >= 0.3 is 0 Å². The van der Waals surface area contributed by atoms with E-state index in [0.717, 1.165) is 30.7 Å². The van der Waals surface area contributed by atoms with Crippen LogP contribution in [0.2, 0.25) is 0 Å². The Hall–Kier alpha value is -1.59. The second kappa shape index (κ2) is 8.89. The molecule has 1 atom stereocenters. The number of hydrogen-bond acceptors (Lipinski definition) is 4. The number of hydrogen-bond donors (Lipinski definition) is 2. The zero-order valence-electron chi connectivity index (χ0n) is 14.1. The van der Waals surface area contributed by atoms with Crippen LogP contribution in [-0.4, -0.2) is 31.8 Å². The van der Waals surface area contributed by atoms with E-state index in [0.29, 0.717) is 25.7 Å². The van der Waals surface area contributed by atoms with Crippen molar-refractivity contribution >= 4 is 11.6 Å². The highest BCUT2D eigenvalue weighted by Crippen LogP contribution is 2.20. The van der Waals surface area contributed by atoms with Gasteiger partial charge in [0.2, 0.25) is 5.91 Å². The average Bonchev–Trinajstić information content (AvgIpc) is 2.56. The number of benzene rings is 1. The van der Waals surface area contributed by atoms with Crippen molar-refractivity contribution in [1.82, 2.24) is 0 Å². The molecule has 128 valence electrons. The van der Waals surface area contributed by atoms with Gasteiger partial charge in [-0.3, -0.25) is 4.79 Å². The summed E-state index contributed by atoms with van der Waals surface area (Å²) in [6.45, 7) is 6.42. The van der Waals surface area contributed by atoms with Gasteiger partial charge in [0.05, 0.1) is 12.6 Å². The number of anilines is 1. The molecule has 0 aliphatic carbocycles. The van der Waals surface area contributed by atoms with Crippen LogP contribution in [0.4, 0.5) is 5.69 Å². The van der Waals surface area contributed by atoms with E-state index < -0.39 is 6.04 Å². The molecule has 5 nitrogen and oxygen atoms in total. The van der Waals surface area contributed by atoms with Crippen LogP contribution in [0, 0.1) is 11.8 Å². The maximum absolute atomic E-state index is 12.2. The van der Waals surface area contributed by atoms with Gasteiger partial charge in [-0.25, -0.2) is 0 Å². The largest absolute Gasteiger partial charge is 0.494 e. The van der Waals surface area contributed by atoms with Crippen molar-refractivity contribution in [2.45, 2.75) is 39.2 Å². The average molecular weight is 320 g/mol. The van der Waals surface area contributed by atoms with Crippen molar-refractivity contribution in [2.24, 2.45) is 17.6 Å². The van der Waals surface area contributed by atoms with Gasteiger partial charge in [-0.15, -0.1) is 0 Å². The maximum atomic E-state index is 12.2. The minimum absolute atomic E-state index is 0.134. The van der Waals surface area contributed by atoms with Crippen LogP contribution < -0.4 is 15.8 Å². The van der Waals surface area contributed by atoms with Crippen LogP contribution in [0.5, 0.6) is 5.75 Å². The van der Waals surface area contributed by atoms with Crippen LogP contribution in [0.15, 0.2) is 24.3 Å². The maximum Gasteiger partial charge on any atom is 0.241 e. The van der Waals surface area contributed by atoms with Crippen LogP contribution in [0.25, 0.3) is 0 Å². The topological polar surface area (TPSA) is 73.6 Å². The zero-order valence-corrected chi connectivity index (χ0v) is 14.1. The Morgan fingerprint density at radius 2 is 1.96 bits per heavy atom. The van der Waals surface area contributed by atoms with E-state index >= 15 is 0 Å². The Kier molecular flexibility index (Phi) is 6.86. The summed E-state index contributed by atoms with van der Waals surface area (Å²) in [5.41, 5.74) is 6.82. The fourth-order valence-corrected chi connectivity index (χ4v) is 2.56. The summed E-state index contributed by atoms with van der Waals surface area (Å²) in [5.74, 6) is 1.50. The Labute approximate surface area is 138 Å². The van der Waals surface area contributed by atoms with Crippen LogP contribution in [-0.2, 0) is 9.53 Å². The van der Waals surface area contributed by atoms with Gasteiger partial charge < -0.3 is 20.5 Å². The van der Waals surface area contributed by atoms with E-state index in [4.69, 9.17) is 15.2 Å². The highest BCUT2D eigenvalue weighted by atomic mass is 16.5. The molecule has 0 bridgehead atoms. The molecule has 23 heavy (non-hydrogen) atoms. The molecule has 0 aromatic heterocycles. The molecule has 1 aliphatic heterocycles. The molecule has 2 rings (SSSR count). The molecule has 1 aliphatic rings. The monoisotopic (exact) mass is 320 g/mol. The number of rotatable bonds is 7. The van der Waals surface area contributed by atoms with Crippen molar-refractivity contribution in [3.05, 3.63) is 24.3 Å². The van der Waals surface area contributed by atoms with Crippen molar-refractivity contribution in [3.63, 3.8) is 0 Å². The van der Waals surface area contributed by atoms with Crippen LogP contribution in [0.3, 0.4) is 0 Å². The van der Waals surface area contributed by atoms with Gasteiger partial charge in [-0.1, -0.05) is 13.8 Å². The highest BCUT2D eigenvalue weighted by molar-refractivity contribution is 5.94. The number of carbonyl (C=O) groups is 1. The molecule has 0 saturated carbocycles. The minimum atomic E-state index is -0.485. The molecule has 3 N–H and O–H groups in total. The van der Waals surface area contributed by atoms with E-state index in [1.54, 1.807) is 0 Å². The van der Waals surface area contributed by atoms with E-state index in [1.165, 1.54) is 0 Å². The van der Waals surface area contributed by atoms with Gasteiger partial charge in [0.1, 0.15) is 5.75 Å². The van der Waals surface area contributed by atoms with E-state index in [9.17, 15) is 4.79 Å². The second-order valence-corrected chi connectivity index (χ2v) is 6.52. The number of carbonyl (C=O) groups excluding carboxylic acids is 1. The molecule has 1 saturated heterocycles. The summed E-state index contributed by atoms with van der Waals surface area (Å²) in [7, 11) is 0. The number of nitrogens with two attached hydrogens (primary N) is 1. The third kappa shape index (κ3) is 5.84. The molecule has 0 spiro atoms. The van der Waals surface area contributed by atoms with Crippen LogP contribution >= 0.6 is 0 Å². The first-order chi connectivity index (χ1) is 11.1. The van der Waals surface area contributed by atoms with Crippen molar-refractivity contribution in [1.29, 1.82) is 0 Å². The molecular weight excluding hydrogens is 292 g/mol. The summed E-state index contributed by atoms with van der Waals surface area (Å²) in [5, 5.41) is 2.88. The molecule has 5 heteroatoms. The van der Waals surface area contributed by atoms with Crippen molar-refractivity contribution in [3.8, 4) is 5.75 Å². The number of amides is 1. The predicted octanol–water partition coefficient (Wildman–Crippen LogP) is 2.80. The lowest BCUT2D eigenvalue weighted by molar-refractivity contribution is -0.119. The zero-order chi connectivity index (χ0) is 16.7. The first-order valence-corrected chi connectivity index (χ1v) is 8.43. The van der Waals surface area contributed by atoms with Crippen LogP contribution in [0.1, 0.15) is 33.1 Å². The number of nitrogens with one attached hydrogen (secondary N) is 1. The Balaban J connectivity index is 1.81. The fraction of sp³-hybridized carbons (Fsp3) is 0.611. The van der Waals surface area contributed by atoms with Gasteiger partial charge in [-0.2, -0.15) is 0 Å². The number of ether oxygens (including phenoxy) is 2. The van der Waals surface area contributed by atoms with E-state index in [1.807, 2.05) is 24.3 Å². The third-order valence-corrected chi connectivity index (χ3v) is 4.16. The van der Waals surface area contributed by atoms with Crippen molar-refractivity contribution in [2.75, 3.05) is 25.1 Å². The first kappa shape index (κ1) is 17.8. The molecule has 1 heterocycles. The third-order valence-electron chi connectivity index (χ3n) is 4.16. The molecule has 0 radical (unpaired) electrons. The van der Waals surface area contributed by atoms with Gasteiger partial charge in [0, 0.05) is 18.9 Å². The Morgan fingerprint density at radius 1 is 1.30 bits per heavy atom. The first-order valence-electron chi connectivity index (χ1n) is 8.43. The van der Waals surface area contributed by atoms with E-state index in [-0.39, 0.29) is 11.8 Å². The van der Waals surface area contributed by atoms with E-state index in [2.05, 4.69) is 19.2 Å². The summed E-state index contributed by atoms with van der Waals surface area (Å²) in [4.78, 5) is 12.2. The quantitative estimate of drug-likeness (QED) is 0.810. The fourth-order valence-electron chi connectivity index (χ4n) is 2.56. The lowest BCUT2D eigenvalue weighted by atomic mass is 9.92. The summed E-state index contributed by atoms with van der Waals surface area (Å²) < 4.78 is 11.0. The van der Waals surface area contributed by atoms with Gasteiger partial charge in [0.25, 0.3) is 0 Å². The molecule has 1 unspecified atom stereocenters. The van der Waals surface area contributed by atoms with Gasteiger partial charge in [-0.05, 0) is 55.4 Å². The lowest BCUT2D eigenvalue weighted by Gasteiger charge is -2.26. The smallest absolute Gasteiger partial charge is 0.241 e. The molecule has 1 amide bonds. The molecule has 1 aromatic carbocycles. The highest BCUT2D eigenvalue weighted by Gasteiger charge is 2.26. The summed E-state index contributed by atoms with van der Waals surface area (Å²) in [6.07, 6.45) is 2.72. The SMILES string of the molecule is CC(C)CCOc1ccc(NC(=O)C(N)C2CCOCC2)cc1. The standard InChI is InChI=1S/C18H28N2O3/c1-13(2)7-12-23-16-5-3-15(4-6-16)20-18(21)17(19)14-8-10-22-11-9-14/h3-6,13-14,17H,7-12,19H2,1-2H3,(H,20,21). The molecular formula is C18H28N2O3. The second-order valence-electron chi connectivity index (χ2n) is 6.52. The minimum Gasteiger partial charge on any atom is -0.494 e. The van der Waals surface area contributed by atoms with Gasteiger partial charge in [0.15, 0.2) is 0 Å². The Bertz CT molecular complexity index is 482. The Morgan fingerprint density at radius 3 is 2.57 bits per heavy atom. The summed E-state index contributed by atoms with van der Waals surface area (Å²) >= 11 is 0. The lowest BCUT2D eigenvalue weighted by Crippen LogP contribution is -2.43. The summed E-state index contributed by atoms with van der Waals surface area (Å²) in [6, 6.07) is 6.95.